The van der Waals surface area contributed by atoms with Crippen molar-refractivity contribution in [3.63, 3.8) is 0 Å². The molecule has 0 unspecified atom stereocenters. The van der Waals surface area contributed by atoms with Gasteiger partial charge in [0, 0.05) is 115 Å². The molecule has 729 valence electrons. The molecule has 0 atom stereocenters. The van der Waals surface area contributed by atoms with Crippen LogP contribution in [0.5, 0.6) is 51.7 Å². The number of unbranched alkanes of at least 4 members (excludes halogenated alkanes) is 3. The summed E-state index contributed by atoms with van der Waals surface area (Å²) in [4.78, 5) is 51.4. The molecule has 0 bridgehead atoms. The number of esters is 1. The quantitative estimate of drug-likeness (QED) is 0.0148. The van der Waals surface area contributed by atoms with E-state index in [0.29, 0.717) is 42.7 Å². The molecule has 2 fully saturated rings. The summed E-state index contributed by atoms with van der Waals surface area (Å²) < 4.78 is 53.1. The van der Waals surface area contributed by atoms with Gasteiger partial charge in [-0.1, -0.05) is 251 Å². The van der Waals surface area contributed by atoms with Gasteiger partial charge in [-0.05, 0) is 276 Å². The largest absolute Gasteiger partial charge is 0.519 e. The van der Waals surface area contributed by atoms with E-state index in [9.17, 15) is 24.3 Å². The number of hydrogen-bond acceptors (Lipinski definition) is 17. The number of phenolic OH excluding ortho intramolecular Hbond substituents is 1. The van der Waals surface area contributed by atoms with Crippen LogP contribution >= 0.6 is 0 Å². The summed E-state index contributed by atoms with van der Waals surface area (Å²) in [5.74, 6) is 5.62. The summed E-state index contributed by atoms with van der Waals surface area (Å²) in [5.41, 5.74) is 17.2. The average molecular weight is 1960 g/mol. The number of benzene rings is 13. The van der Waals surface area contributed by atoms with Crippen LogP contribution in [0.25, 0.3) is 11.1 Å². The van der Waals surface area contributed by atoms with Crippen molar-refractivity contribution in [3.8, 4) is 62.9 Å². The molecule has 2 saturated carbocycles. The molecule has 3 N–H and O–H groups in total. The first kappa shape index (κ1) is 107. The van der Waals surface area contributed by atoms with E-state index in [1.54, 1.807) is 47.7 Å². The zero-order valence-electron chi connectivity index (χ0n) is 83.5. The fourth-order valence-electron chi connectivity index (χ4n) is 19.2. The molecule has 15 rings (SSSR count). The zero-order chi connectivity index (χ0) is 98.6. The molecule has 13 aromatic rings. The Morgan fingerprint density at radius 3 is 1.05 bits per heavy atom. The summed E-state index contributed by atoms with van der Waals surface area (Å²) in [5, 5.41) is 15.0. The minimum Gasteiger partial charge on any atom is -0.508 e. The number of para-hydroxylation sites is 2. The first-order valence-corrected chi connectivity index (χ1v) is 48.3. The van der Waals surface area contributed by atoms with Crippen LogP contribution in [0, 0.1) is 5.41 Å². The van der Waals surface area contributed by atoms with Crippen molar-refractivity contribution in [2.45, 2.75) is 179 Å². The Kier molecular flexibility index (Phi) is 40.2. The van der Waals surface area contributed by atoms with Gasteiger partial charge in [-0.3, -0.25) is 4.79 Å². The zero-order valence-corrected chi connectivity index (χ0v) is 86.3. The molecule has 13 aromatic carbocycles. The van der Waals surface area contributed by atoms with Crippen molar-refractivity contribution >= 4 is 58.4 Å². The van der Waals surface area contributed by atoms with E-state index in [1.807, 2.05) is 133 Å². The predicted octanol–water partition coefficient (Wildman–Crippen LogP) is 29.5. The van der Waals surface area contributed by atoms with E-state index in [2.05, 4.69) is 249 Å². The second-order valence-electron chi connectivity index (χ2n) is 37.4. The molecule has 0 aliphatic heterocycles. The molecule has 2 amide bonds. The van der Waals surface area contributed by atoms with Crippen molar-refractivity contribution < 1.29 is 104 Å². The van der Waals surface area contributed by atoms with Crippen molar-refractivity contribution in [2.24, 2.45) is 5.41 Å². The normalized spacial score (nSPS) is 12.9. The number of anilines is 6. The predicted molar refractivity (Wildman–Crippen MR) is 557 cm³/mol. The van der Waals surface area contributed by atoms with Crippen LogP contribution in [0.4, 0.5) is 48.5 Å². The maximum absolute atomic E-state index is 12.6. The van der Waals surface area contributed by atoms with Gasteiger partial charge in [0.2, 0.25) is 0 Å². The minimum absolute atomic E-state index is 0. The van der Waals surface area contributed by atoms with Gasteiger partial charge in [-0.25, -0.2) is 14.4 Å². The van der Waals surface area contributed by atoms with E-state index in [1.165, 1.54) is 91.5 Å². The molecule has 0 saturated heterocycles. The van der Waals surface area contributed by atoms with E-state index in [0.717, 1.165) is 145 Å². The second-order valence-corrected chi connectivity index (χ2v) is 37.4. The van der Waals surface area contributed by atoms with Crippen LogP contribution in [0.2, 0.25) is 0 Å². The first-order chi connectivity index (χ1) is 67.3. The number of carbonyl (C=O) groups excluding carboxylic acids is 4. The Morgan fingerprint density at radius 1 is 0.343 bits per heavy atom. The van der Waals surface area contributed by atoms with Gasteiger partial charge in [-0.2, -0.15) is 0 Å². The monoisotopic (exact) mass is 1960 g/mol. The number of ether oxygens (including phenoxy) is 10. The number of methoxy groups -OCH3 is 6. The van der Waals surface area contributed by atoms with Gasteiger partial charge in [0.05, 0.1) is 49.3 Å². The summed E-state index contributed by atoms with van der Waals surface area (Å²) in [6.07, 6.45) is 16.4. The van der Waals surface area contributed by atoms with E-state index in [-0.39, 0.29) is 65.8 Å². The van der Waals surface area contributed by atoms with Crippen LogP contribution in [0.15, 0.2) is 328 Å². The van der Waals surface area contributed by atoms with Gasteiger partial charge in [0.15, 0.2) is 0 Å². The Morgan fingerprint density at radius 2 is 0.679 bits per heavy atom. The number of alkyl carbamates (subject to hydrolysis) is 2. The number of aromatic hydroxyl groups is 1. The molecule has 2 aliphatic rings. The van der Waals surface area contributed by atoms with Crippen LogP contribution in [0.1, 0.15) is 197 Å². The fraction of sp³-hybridized carbons (Fsp3) is 0.317. The molecule has 0 heterocycles. The number of nitrogens with zero attached hydrogens (tertiary/aromatic N) is 2. The summed E-state index contributed by atoms with van der Waals surface area (Å²) in [7, 11) is 9.76. The minimum atomic E-state index is -0.761. The third-order valence-corrected chi connectivity index (χ3v) is 26.1. The number of rotatable bonds is 34. The topological polar surface area (TPSA) is 211 Å². The van der Waals surface area contributed by atoms with Crippen LogP contribution in [-0.2, 0) is 68.6 Å². The maximum atomic E-state index is 12.6. The Labute approximate surface area is 853 Å². The summed E-state index contributed by atoms with van der Waals surface area (Å²) >= 11 is 0. The number of carbonyl (C=O) groups is 4. The Balaban J connectivity index is 0.000000182. The van der Waals surface area contributed by atoms with E-state index < -0.39 is 18.3 Å². The van der Waals surface area contributed by atoms with Gasteiger partial charge in [-0.15, -0.1) is 0 Å². The number of amides is 2. The van der Waals surface area contributed by atoms with E-state index >= 15 is 0 Å². The molecular formula is C120H136N4O15Y. The van der Waals surface area contributed by atoms with Gasteiger partial charge < -0.3 is 72.9 Å². The second kappa shape index (κ2) is 52.6. The van der Waals surface area contributed by atoms with Crippen LogP contribution < -0.4 is 58.3 Å². The summed E-state index contributed by atoms with van der Waals surface area (Å²) in [6.45, 7) is 16.3. The number of nitrogens with one attached hydrogen (secondary N) is 2. The fourth-order valence-corrected chi connectivity index (χ4v) is 19.2. The maximum Gasteiger partial charge on any atom is 0.519 e. The SMILES string of the molecule is CC(=O)Oc1ccc(C2(c3ccc(OC(=O)Oc4ccc(C(C)(C)CC(C)(C)C)cc4)cc3)CCCCC2)cc1.COC(=O)NCCCCCCNC(=O)OCCCC(C)(c1ccc(OC)cc1)c1ccc(OC)cc1.COc1ccc(C2(c3ccc(O)cc3)CCCCC2)cc1.COc1cccc(N(c2ccccc2)c2ccc(-c3ccc(N(c4ccccc4)c4cccc(OC)c4)cc3)cc2)c1.[Y]. The third kappa shape index (κ3) is 30.1. The van der Waals surface area contributed by atoms with Gasteiger partial charge in [0.1, 0.15) is 51.7 Å². The molecule has 140 heavy (non-hydrogen) atoms. The van der Waals surface area contributed by atoms with E-state index in [4.69, 9.17) is 42.6 Å². The molecule has 0 aromatic heterocycles. The molecular weight excluding hydrogens is 1830 g/mol. The van der Waals surface area contributed by atoms with Gasteiger partial charge >= 0.3 is 24.3 Å². The first-order valence-electron chi connectivity index (χ1n) is 48.3. The van der Waals surface area contributed by atoms with Crippen molar-refractivity contribution in [2.75, 3.05) is 72.2 Å². The molecule has 1 radical (unpaired) electrons. The molecule has 0 spiro atoms. The number of phenols is 1. The Hall–Kier alpha value is -13.4. The van der Waals surface area contributed by atoms with Crippen LogP contribution in [0.3, 0.4) is 0 Å². The summed E-state index contributed by atoms with van der Waals surface area (Å²) in [6, 6.07) is 110. The van der Waals surface area contributed by atoms with Crippen molar-refractivity contribution in [1.82, 2.24) is 10.6 Å². The standard InChI is InChI=1S/C38H32N2O2.C35H42O5.C28H40N2O6.C19H22O2.Y/c1-41-37-17-9-15-35(27-37)39(31-11-5-3-6-12-31)33-23-19-29(20-24-33)30-21-25-34(26-22-30)40(32-13-7-4-8-14-32)36-16-10-18-38(28-36)42-2;1-25(36)38-29-18-12-27(13-19-29)35(22-8-7-9-23-35)28-14-20-31(21-15-28)40-32(37)39-30-16-10-26(11-17-30)34(5,6)24-33(2,3)4;1-28(22-10-14-24(33-2)15-11-22,23-12-16-25(34-3)17-13-23)18-9-21-36-27(32)30-20-8-6-5-7-19-29-26(31)35-4;1-21-18-11-7-16(8-12-18)19(13-3-2-4-14-19)15-5-9-17(20)10-6-15;/h3-28H,1-2H3;10-21H,7-9,22-24H2,1-6H3;10-17H,5-9,18-21H2,1-4H3,(H,29,31)(H,30,32);5-12,20H,2-4,13-14H2,1H3;. The molecule has 2 aliphatic carbocycles. The Bertz CT molecular complexity index is 5770. The average Bonchev–Trinajstić information content (AvgIpc) is 0.773. The van der Waals surface area contributed by atoms with Gasteiger partial charge in [0.25, 0.3) is 0 Å². The molecule has 19 nitrogen and oxygen atoms in total. The van der Waals surface area contributed by atoms with Crippen LogP contribution in [-0.4, -0.2) is 91.8 Å². The third-order valence-electron chi connectivity index (χ3n) is 26.1. The van der Waals surface area contributed by atoms with Crippen molar-refractivity contribution in [3.05, 3.63) is 367 Å². The number of hydrogen-bond donors (Lipinski definition) is 3. The van der Waals surface area contributed by atoms with Crippen molar-refractivity contribution in [1.29, 1.82) is 0 Å². The smallest absolute Gasteiger partial charge is 0.508 e. The molecule has 20 heteroatoms.